The van der Waals surface area contributed by atoms with Gasteiger partial charge in [-0.05, 0) is 19.0 Å². The highest BCUT2D eigenvalue weighted by Gasteiger charge is 2.24. The fourth-order valence-electron chi connectivity index (χ4n) is 2.11. The summed E-state index contributed by atoms with van der Waals surface area (Å²) in [7, 11) is -1.33. The summed E-state index contributed by atoms with van der Waals surface area (Å²) in [6.07, 6.45) is 3.22. The van der Waals surface area contributed by atoms with Crippen molar-refractivity contribution < 1.29 is 9.22 Å². The van der Waals surface area contributed by atoms with E-state index < -0.39 is 25.6 Å². The molecule has 0 fully saturated rings. The molecule has 1 unspecified atom stereocenters. The van der Waals surface area contributed by atoms with Gasteiger partial charge in [-0.15, -0.1) is 13.2 Å². The van der Waals surface area contributed by atoms with Gasteiger partial charge in [0.25, 0.3) is 0 Å². The maximum Gasteiger partial charge on any atom is 0.336 e. The highest BCUT2D eigenvalue weighted by molar-refractivity contribution is 6.64. The summed E-state index contributed by atoms with van der Waals surface area (Å²) in [4.78, 5) is 46.8. The van der Waals surface area contributed by atoms with Crippen molar-refractivity contribution in [2.75, 3.05) is 7.11 Å². The zero-order valence-electron chi connectivity index (χ0n) is 13.5. The number of hydrogen-bond acceptors (Lipinski definition) is 5. The van der Waals surface area contributed by atoms with Gasteiger partial charge in [0.1, 0.15) is 0 Å². The molecule has 1 rings (SSSR count). The van der Waals surface area contributed by atoms with Crippen molar-refractivity contribution in [3.05, 3.63) is 56.8 Å². The van der Waals surface area contributed by atoms with Crippen LogP contribution in [0.25, 0.3) is 0 Å². The number of allylic oxidation sites excluding steroid dienone is 2. The lowest BCUT2D eigenvalue weighted by molar-refractivity contribution is 0.293. The normalized spacial score (nSPS) is 13.5. The molecular weight excluding hydrogens is 318 g/mol. The van der Waals surface area contributed by atoms with Gasteiger partial charge in [0.2, 0.25) is 0 Å². The lowest BCUT2D eigenvalue weighted by atomic mass is 10.4. The first kappa shape index (κ1) is 19.1. The molecule has 0 amide bonds. The van der Waals surface area contributed by atoms with E-state index in [0.29, 0.717) is 12.5 Å². The standard InChI is InChI=1S/C14H23N3O5Si/c1-5-8-15-12(18)16(9-6-2)14(20)17(13(15)19)10-7-11-23(4,21)22-3/h5-6,21H,1-2,7-11H2,3-4H3. The molecule has 0 aromatic carbocycles. The summed E-state index contributed by atoms with van der Waals surface area (Å²) in [6.45, 7) is 8.78. The molecule has 1 aromatic rings. The second-order valence-electron chi connectivity index (χ2n) is 5.28. The van der Waals surface area contributed by atoms with Crippen molar-refractivity contribution >= 4 is 8.56 Å². The first-order valence-corrected chi connectivity index (χ1v) is 9.79. The number of aromatic nitrogens is 3. The van der Waals surface area contributed by atoms with Crippen LogP contribution in [-0.4, -0.2) is 34.2 Å². The Balaban J connectivity index is 3.28. The smallest absolute Gasteiger partial charge is 0.336 e. The van der Waals surface area contributed by atoms with Gasteiger partial charge in [0.05, 0.1) is 13.1 Å². The molecule has 0 aliphatic carbocycles. The summed E-state index contributed by atoms with van der Waals surface area (Å²) in [6, 6.07) is 0.372. The van der Waals surface area contributed by atoms with Crippen LogP contribution in [0.1, 0.15) is 6.42 Å². The molecule has 128 valence electrons. The van der Waals surface area contributed by atoms with E-state index in [4.69, 9.17) is 4.43 Å². The average molecular weight is 341 g/mol. The maximum atomic E-state index is 12.3. The zero-order valence-corrected chi connectivity index (χ0v) is 14.5. The molecule has 8 nitrogen and oxygen atoms in total. The van der Waals surface area contributed by atoms with Gasteiger partial charge in [-0.1, -0.05) is 12.2 Å². The Morgan fingerprint density at radius 1 is 1.04 bits per heavy atom. The van der Waals surface area contributed by atoms with Gasteiger partial charge in [-0.25, -0.2) is 28.1 Å². The second-order valence-corrected chi connectivity index (χ2v) is 8.54. The van der Waals surface area contributed by atoms with Crippen LogP contribution in [0, 0.1) is 0 Å². The van der Waals surface area contributed by atoms with Crippen LogP contribution in [0.5, 0.6) is 0 Å². The Bertz CT molecular complexity index is 696. The Morgan fingerprint density at radius 3 is 1.87 bits per heavy atom. The molecule has 23 heavy (non-hydrogen) atoms. The van der Waals surface area contributed by atoms with E-state index in [2.05, 4.69) is 13.2 Å². The molecule has 0 bridgehead atoms. The lowest BCUT2D eigenvalue weighted by Gasteiger charge is -2.17. The summed E-state index contributed by atoms with van der Waals surface area (Å²) in [5, 5.41) is 0. The molecule has 0 saturated heterocycles. The fraction of sp³-hybridized carbons (Fsp3) is 0.500. The summed E-state index contributed by atoms with van der Waals surface area (Å²) < 4.78 is 7.91. The van der Waals surface area contributed by atoms with Crippen molar-refractivity contribution in [1.82, 2.24) is 13.7 Å². The van der Waals surface area contributed by atoms with Crippen LogP contribution in [0.3, 0.4) is 0 Å². The molecule has 9 heteroatoms. The third-order valence-corrected chi connectivity index (χ3v) is 5.63. The maximum absolute atomic E-state index is 12.3. The van der Waals surface area contributed by atoms with Crippen molar-refractivity contribution in [1.29, 1.82) is 0 Å². The fourth-order valence-corrected chi connectivity index (χ4v) is 3.13. The predicted octanol–water partition coefficient (Wildman–Crippen LogP) is -0.355. The lowest BCUT2D eigenvalue weighted by Crippen LogP contribution is -2.54. The van der Waals surface area contributed by atoms with Crippen molar-refractivity contribution in [2.45, 2.75) is 38.6 Å². The monoisotopic (exact) mass is 341 g/mol. The second kappa shape index (κ2) is 8.04. The molecule has 1 atom stereocenters. The van der Waals surface area contributed by atoms with E-state index >= 15 is 0 Å². The highest BCUT2D eigenvalue weighted by atomic mass is 28.4. The highest BCUT2D eigenvalue weighted by Crippen LogP contribution is 2.09. The van der Waals surface area contributed by atoms with Crippen LogP contribution in [0.2, 0.25) is 12.6 Å². The molecule has 1 aromatic heterocycles. The Kier molecular flexibility index (Phi) is 6.67. The van der Waals surface area contributed by atoms with Gasteiger partial charge in [0, 0.05) is 13.7 Å². The number of rotatable bonds is 9. The predicted molar refractivity (Wildman–Crippen MR) is 89.9 cm³/mol. The third kappa shape index (κ3) is 4.50. The van der Waals surface area contributed by atoms with Crippen LogP contribution < -0.4 is 17.1 Å². The van der Waals surface area contributed by atoms with E-state index in [0.717, 1.165) is 13.7 Å². The van der Waals surface area contributed by atoms with Gasteiger partial charge in [0.15, 0.2) is 0 Å². The molecule has 0 aliphatic rings. The minimum Gasteiger partial charge on any atom is -0.411 e. The van der Waals surface area contributed by atoms with Crippen molar-refractivity contribution in [3.8, 4) is 0 Å². The molecule has 0 spiro atoms. The molecule has 1 N–H and O–H groups in total. The largest absolute Gasteiger partial charge is 0.411 e. The van der Waals surface area contributed by atoms with Crippen molar-refractivity contribution in [3.63, 3.8) is 0 Å². The molecule has 1 heterocycles. The summed E-state index contributed by atoms with van der Waals surface area (Å²) in [5.41, 5.74) is -2.05. The van der Waals surface area contributed by atoms with Gasteiger partial charge >= 0.3 is 25.6 Å². The third-order valence-electron chi connectivity index (χ3n) is 3.47. The Morgan fingerprint density at radius 2 is 1.48 bits per heavy atom. The van der Waals surface area contributed by atoms with Gasteiger partial charge in [-0.2, -0.15) is 0 Å². The average Bonchev–Trinajstić information content (AvgIpc) is 2.51. The molecule has 0 aliphatic heterocycles. The van der Waals surface area contributed by atoms with E-state index in [1.54, 1.807) is 6.55 Å². The van der Waals surface area contributed by atoms with E-state index in [1.807, 2.05) is 0 Å². The molecule has 0 radical (unpaired) electrons. The van der Waals surface area contributed by atoms with Crippen LogP contribution in [0.15, 0.2) is 39.7 Å². The topological polar surface area (TPSA) is 95.5 Å². The first-order chi connectivity index (χ1) is 10.8. The summed E-state index contributed by atoms with van der Waals surface area (Å²) >= 11 is 0. The number of nitrogens with zero attached hydrogens (tertiary/aromatic N) is 3. The van der Waals surface area contributed by atoms with Crippen LogP contribution >= 0.6 is 0 Å². The van der Waals surface area contributed by atoms with E-state index in [1.165, 1.54) is 19.3 Å². The zero-order chi connectivity index (χ0) is 17.6. The molecule has 0 saturated carbocycles. The Hall–Kier alpha value is -1.97. The van der Waals surface area contributed by atoms with Crippen LogP contribution in [-0.2, 0) is 24.1 Å². The van der Waals surface area contributed by atoms with Gasteiger partial charge in [-0.3, -0.25) is 0 Å². The minimum atomic E-state index is -2.76. The quantitative estimate of drug-likeness (QED) is 0.489. The Labute approximate surface area is 134 Å². The van der Waals surface area contributed by atoms with Gasteiger partial charge < -0.3 is 9.22 Å². The number of hydrogen-bond donors (Lipinski definition) is 1. The summed E-state index contributed by atoms with van der Waals surface area (Å²) in [5.74, 6) is 0. The van der Waals surface area contributed by atoms with Crippen molar-refractivity contribution in [2.24, 2.45) is 0 Å². The minimum absolute atomic E-state index is 0.0135. The first-order valence-electron chi connectivity index (χ1n) is 7.23. The molecular formula is C14H23N3O5Si. The van der Waals surface area contributed by atoms with E-state index in [-0.39, 0.29) is 19.6 Å². The SMILES string of the molecule is C=CCn1c(=O)n(CC=C)c(=O)n(CCC[Si](C)(O)OC)c1=O. The van der Waals surface area contributed by atoms with Crippen LogP contribution in [0.4, 0.5) is 0 Å². The van der Waals surface area contributed by atoms with E-state index in [9.17, 15) is 19.2 Å².